The monoisotopic (exact) mass is 376 g/mol. The highest BCUT2D eigenvalue weighted by molar-refractivity contribution is 9.10. The van der Waals surface area contributed by atoms with E-state index in [4.69, 9.17) is 5.73 Å². The fourth-order valence-corrected chi connectivity index (χ4v) is 3.40. The Morgan fingerprint density at radius 3 is 2.52 bits per heavy atom. The lowest BCUT2D eigenvalue weighted by Gasteiger charge is -2.12. The molecular weight excluding hydrogens is 366 g/mol. The van der Waals surface area contributed by atoms with Crippen LogP contribution in [-0.2, 0) is 10.0 Å². The number of nitrogen functional groups attached to an aromatic ring is 1. The highest BCUT2D eigenvalue weighted by Crippen LogP contribution is 2.27. The van der Waals surface area contributed by atoms with Crippen LogP contribution in [0.15, 0.2) is 39.7 Å². The molecule has 2 aromatic carbocycles. The number of rotatable bonds is 3. The molecule has 2 aromatic rings. The first-order valence-electron chi connectivity index (χ1n) is 5.75. The van der Waals surface area contributed by atoms with E-state index in [1.807, 2.05) is 0 Å². The van der Waals surface area contributed by atoms with Crippen LogP contribution in [0, 0.1) is 18.6 Å². The summed E-state index contributed by atoms with van der Waals surface area (Å²) in [5.41, 5.74) is 5.96. The molecule has 0 fully saturated rings. The zero-order valence-electron chi connectivity index (χ0n) is 10.8. The van der Waals surface area contributed by atoms with E-state index in [1.54, 1.807) is 13.0 Å². The molecule has 0 aliphatic heterocycles. The molecule has 0 saturated heterocycles. The average Bonchev–Trinajstić information content (AvgIpc) is 2.38. The molecule has 0 radical (unpaired) electrons. The first-order chi connectivity index (χ1) is 9.72. The number of sulfonamides is 1. The van der Waals surface area contributed by atoms with Gasteiger partial charge in [-0.25, -0.2) is 17.2 Å². The molecule has 0 amide bonds. The maximum absolute atomic E-state index is 13.6. The Morgan fingerprint density at radius 2 is 1.86 bits per heavy atom. The maximum Gasteiger partial charge on any atom is 0.262 e. The molecule has 3 N–H and O–H groups in total. The number of nitrogens with one attached hydrogen (secondary N) is 1. The van der Waals surface area contributed by atoms with Gasteiger partial charge in [-0.3, -0.25) is 4.72 Å². The summed E-state index contributed by atoms with van der Waals surface area (Å²) in [6.07, 6.45) is 0. The number of hydrogen-bond donors (Lipinski definition) is 2. The van der Waals surface area contributed by atoms with Gasteiger partial charge in [-0.1, -0.05) is 6.07 Å². The molecule has 0 aliphatic rings. The molecule has 0 spiro atoms. The number of benzene rings is 2. The van der Waals surface area contributed by atoms with Gasteiger partial charge >= 0.3 is 0 Å². The molecule has 112 valence electrons. The fourth-order valence-electron chi connectivity index (χ4n) is 1.72. The molecule has 0 atom stereocenters. The minimum absolute atomic E-state index is 0.0501. The van der Waals surface area contributed by atoms with Crippen LogP contribution in [0.4, 0.5) is 20.2 Å². The van der Waals surface area contributed by atoms with Gasteiger partial charge in [0.05, 0.1) is 15.1 Å². The van der Waals surface area contributed by atoms with Crippen molar-refractivity contribution in [1.82, 2.24) is 0 Å². The third kappa shape index (κ3) is 3.16. The number of halogens is 3. The van der Waals surface area contributed by atoms with E-state index >= 15 is 0 Å². The second-order valence-corrected chi connectivity index (χ2v) is 6.83. The molecule has 8 heteroatoms. The third-order valence-corrected chi connectivity index (χ3v) is 4.99. The lowest BCUT2D eigenvalue weighted by Crippen LogP contribution is -2.16. The van der Waals surface area contributed by atoms with Crippen LogP contribution in [0.25, 0.3) is 0 Å². The second-order valence-electron chi connectivity index (χ2n) is 4.32. The van der Waals surface area contributed by atoms with Crippen LogP contribution >= 0.6 is 15.9 Å². The van der Waals surface area contributed by atoms with Crippen LogP contribution in [0.5, 0.6) is 0 Å². The van der Waals surface area contributed by atoms with Crippen LogP contribution in [-0.4, -0.2) is 8.42 Å². The first kappa shape index (κ1) is 15.7. The predicted molar refractivity (Wildman–Crippen MR) is 80.5 cm³/mol. The Kier molecular flexibility index (Phi) is 4.20. The number of nitrogens with two attached hydrogens (primary N) is 1. The van der Waals surface area contributed by atoms with Gasteiger partial charge in [0.2, 0.25) is 0 Å². The zero-order valence-corrected chi connectivity index (χ0v) is 13.2. The summed E-state index contributed by atoms with van der Waals surface area (Å²) < 4.78 is 53.4. The van der Waals surface area contributed by atoms with Crippen LogP contribution in [0.1, 0.15) is 5.56 Å². The molecule has 2 rings (SSSR count). The van der Waals surface area contributed by atoms with Gasteiger partial charge in [0, 0.05) is 11.8 Å². The van der Waals surface area contributed by atoms with Crippen molar-refractivity contribution in [2.24, 2.45) is 0 Å². The normalized spacial score (nSPS) is 11.4. The summed E-state index contributed by atoms with van der Waals surface area (Å²) in [5.74, 6) is -1.84. The second kappa shape index (κ2) is 5.61. The molecule has 0 aliphatic carbocycles. The minimum atomic E-state index is -4.03. The van der Waals surface area contributed by atoms with Gasteiger partial charge in [-0.15, -0.1) is 0 Å². The standard InChI is InChI=1S/C13H11BrF2N2O2S/c1-7-11(17)3-2-4-13(7)21(19,20)18-12-5-8(14)9(15)6-10(12)16/h2-6,18H,17H2,1H3. The first-order valence-corrected chi connectivity index (χ1v) is 8.02. The quantitative estimate of drug-likeness (QED) is 0.636. The molecule has 0 heterocycles. The largest absolute Gasteiger partial charge is 0.398 e. The molecule has 21 heavy (non-hydrogen) atoms. The molecule has 0 aromatic heterocycles. The van der Waals surface area contributed by atoms with E-state index in [-0.39, 0.29) is 15.1 Å². The minimum Gasteiger partial charge on any atom is -0.398 e. The van der Waals surface area contributed by atoms with Gasteiger partial charge < -0.3 is 5.73 Å². The van der Waals surface area contributed by atoms with E-state index in [1.165, 1.54) is 12.1 Å². The Bertz CT molecular complexity index is 810. The summed E-state index contributed by atoms with van der Waals surface area (Å²) in [4.78, 5) is -0.0673. The highest BCUT2D eigenvalue weighted by Gasteiger charge is 2.20. The van der Waals surface area contributed by atoms with Gasteiger partial charge in [-0.05, 0) is 46.6 Å². The van der Waals surface area contributed by atoms with Crippen molar-refractivity contribution in [2.75, 3.05) is 10.5 Å². The van der Waals surface area contributed by atoms with Crippen molar-refractivity contribution in [3.63, 3.8) is 0 Å². The zero-order chi connectivity index (χ0) is 15.8. The van der Waals surface area contributed by atoms with Crippen molar-refractivity contribution >= 4 is 37.3 Å². The van der Waals surface area contributed by atoms with Crippen LogP contribution in [0.3, 0.4) is 0 Å². The van der Waals surface area contributed by atoms with Gasteiger partial charge in [0.25, 0.3) is 10.0 Å². The Morgan fingerprint density at radius 1 is 1.19 bits per heavy atom. The van der Waals surface area contributed by atoms with Gasteiger partial charge in [0.15, 0.2) is 0 Å². The fraction of sp³-hybridized carbons (Fsp3) is 0.0769. The summed E-state index contributed by atoms with van der Waals surface area (Å²) >= 11 is 2.87. The highest BCUT2D eigenvalue weighted by atomic mass is 79.9. The van der Waals surface area contributed by atoms with E-state index in [2.05, 4.69) is 20.7 Å². The molecule has 4 nitrogen and oxygen atoms in total. The van der Waals surface area contributed by atoms with Crippen LogP contribution in [0.2, 0.25) is 0 Å². The molecule has 0 saturated carbocycles. The Hall–Kier alpha value is -1.67. The Balaban J connectivity index is 2.47. The van der Waals surface area contributed by atoms with Crippen molar-refractivity contribution in [2.45, 2.75) is 11.8 Å². The van der Waals surface area contributed by atoms with Gasteiger partial charge in [-0.2, -0.15) is 0 Å². The lowest BCUT2D eigenvalue weighted by atomic mass is 10.2. The molecule has 0 unspecified atom stereocenters. The van der Waals surface area contributed by atoms with E-state index in [0.717, 1.165) is 6.07 Å². The summed E-state index contributed by atoms with van der Waals surface area (Å²) in [7, 11) is -4.03. The maximum atomic E-state index is 13.6. The van der Waals surface area contributed by atoms with Crippen LogP contribution < -0.4 is 10.5 Å². The van der Waals surface area contributed by atoms with Crippen molar-refractivity contribution in [1.29, 1.82) is 0 Å². The average molecular weight is 377 g/mol. The summed E-state index contributed by atoms with van der Waals surface area (Å²) in [6, 6.07) is 6.00. The van der Waals surface area contributed by atoms with Gasteiger partial charge in [0.1, 0.15) is 11.6 Å². The van der Waals surface area contributed by atoms with Crippen molar-refractivity contribution < 1.29 is 17.2 Å². The third-order valence-electron chi connectivity index (χ3n) is 2.87. The van der Waals surface area contributed by atoms with Crippen molar-refractivity contribution in [3.8, 4) is 0 Å². The SMILES string of the molecule is Cc1c(N)cccc1S(=O)(=O)Nc1cc(Br)c(F)cc1F. The van der Waals surface area contributed by atoms with Crippen molar-refractivity contribution in [3.05, 3.63) is 52.0 Å². The van der Waals surface area contributed by atoms with E-state index in [9.17, 15) is 17.2 Å². The van der Waals surface area contributed by atoms with E-state index in [0.29, 0.717) is 17.3 Å². The molecular formula is C13H11BrF2N2O2S. The summed E-state index contributed by atoms with van der Waals surface area (Å²) in [6.45, 7) is 1.54. The Labute approximate surface area is 129 Å². The lowest BCUT2D eigenvalue weighted by molar-refractivity contribution is 0.579. The molecule has 0 bridgehead atoms. The topological polar surface area (TPSA) is 72.2 Å². The van der Waals surface area contributed by atoms with E-state index < -0.39 is 21.7 Å². The number of anilines is 2. The smallest absolute Gasteiger partial charge is 0.262 e. The predicted octanol–water partition coefficient (Wildman–Crippen LogP) is 3.42. The number of hydrogen-bond acceptors (Lipinski definition) is 3. The summed E-state index contributed by atoms with van der Waals surface area (Å²) in [5, 5.41) is 0.